The van der Waals surface area contributed by atoms with Crippen molar-refractivity contribution in [3.05, 3.63) is 23.5 Å². The first-order valence-electron chi connectivity index (χ1n) is 9.77. The third-order valence-corrected chi connectivity index (χ3v) is 5.37. The zero-order valence-electron chi connectivity index (χ0n) is 15.9. The summed E-state index contributed by atoms with van der Waals surface area (Å²) in [7, 11) is 9.53. The molecule has 1 heterocycles. The van der Waals surface area contributed by atoms with Gasteiger partial charge in [0.25, 0.3) is 0 Å². The first kappa shape index (κ1) is 22.0. The van der Waals surface area contributed by atoms with Gasteiger partial charge in [-0.1, -0.05) is 38.5 Å². The van der Waals surface area contributed by atoms with Gasteiger partial charge in [0.2, 0.25) is 0 Å². The predicted molar refractivity (Wildman–Crippen MR) is 111 cm³/mol. The Morgan fingerprint density at radius 2 is 1.15 bits per heavy atom. The van der Waals surface area contributed by atoms with Crippen molar-refractivity contribution in [2.75, 3.05) is 0 Å². The Hall–Kier alpha value is -0.281. The molecule has 0 atom stereocenters. The van der Waals surface area contributed by atoms with E-state index in [0.29, 0.717) is 12.1 Å². The van der Waals surface area contributed by atoms with Crippen molar-refractivity contribution in [1.29, 1.82) is 0 Å². The summed E-state index contributed by atoms with van der Waals surface area (Å²) in [5.74, 6) is 0. The standard InChI is InChI=1S/C20H31N3.2ClH.Fe/c1-15(21-17-9-5-3-6-10-17)19-13-14-20(23-19)16(2)22-18-11-7-4-8-12-18;;;/h13-14,17-18,23H,3-12H2,1-2H3;2*1H;/q;;;+2/p-2. The van der Waals surface area contributed by atoms with Crippen molar-refractivity contribution in [2.45, 2.75) is 90.1 Å². The average Bonchev–Trinajstić information content (AvgIpc) is 3.15. The molecule has 148 valence electrons. The van der Waals surface area contributed by atoms with E-state index < -0.39 is 0 Å². The van der Waals surface area contributed by atoms with Crippen LogP contribution in [0.5, 0.6) is 0 Å². The molecule has 0 bridgehead atoms. The number of aromatic nitrogens is 1. The van der Waals surface area contributed by atoms with Crippen molar-refractivity contribution >= 4 is 31.6 Å². The fraction of sp³-hybridized carbons (Fsp3) is 0.700. The summed E-state index contributed by atoms with van der Waals surface area (Å²) >= 11 is 0.194. The Balaban J connectivity index is 0.000000758. The van der Waals surface area contributed by atoms with Gasteiger partial charge in [0.1, 0.15) is 0 Å². The average molecular weight is 440 g/mol. The van der Waals surface area contributed by atoms with Crippen LogP contribution in [0.2, 0.25) is 0 Å². The maximum atomic E-state index is 4.94. The normalized spacial score (nSPS) is 20.8. The first-order chi connectivity index (χ1) is 12.6. The number of nitrogens with zero attached hydrogens (tertiary/aromatic N) is 2. The minimum atomic E-state index is 0.194. The minimum absolute atomic E-state index is 0.194. The number of aliphatic imine (C=N–C) groups is 2. The number of hydrogen-bond acceptors (Lipinski definition) is 2. The molecule has 0 saturated heterocycles. The van der Waals surface area contributed by atoms with Gasteiger partial charge in [-0.15, -0.1) is 0 Å². The molecule has 26 heavy (non-hydrogen) atoms. The van der Waals surface area contributed by atoms with Crippen LogP contribution in [0.15, 0.2) is 22.1 Å². The summed E-state index contributed by atoms with van der Waals surface area (Å²) in [5, 5.41) is 0. The Labute approximate surface area is 173 Å². The first-order valence-corrected chi connectivity index (χ1v) is 12.8. The van der Waals surface area contributed by atoms with E-state index in [2.05, 4.69) is 31.0 Å². The molecule has 0 spiro atoms. The van der Waals surface area contributed by atoms with E-state index >= 15 is 0 Å². The van der Waals surface area contributed by atoms with E-state index in [9.17, 15) is 0 Å². The number of hydrogen-bond donors (Lipinski definition) is 1. The van der Waals surface area contributed by atoms with Gasteiger partial charge in [-0.05, 0) is 51.7 Å². The van der Waals surface area contributed by atoms with Crippen molar-refractivity contribution in [1.82, 2.24) is 4.98 Å². The van der Waals surface area contributed by atoms with Crippen LogP contribution >= 0.6 is 20.2 Å². The van der Waals surface area contributed by atoms with Crippen LogP contribution in [0.1, 0.15) is 89.4 Å². The van der Waals surface area contributed by atoms with Crippen LogP contribution in [-0.4, -0.2) is 28.5 Å². The SMILES string of the molecule is CC(=NC1CCCCC1)c1ccc(C(C)=NC2CCCCC2)[nH]1.[Cl][Fe][Cl]. The molecule has 2 saturated carbocycles. The summed E-state index contributed by atoms with van der Waals surface area (Å²) in [6.45, 7) is 4.27. The van der Waals surface area contributed by atoms with E-state index in [1.54, 1.807) is 0 Å². The Bertz CT molecular complexity index is 537. The number of H-pyrrole nitrogens is 1. The molecule has 3 rings (SSSR count). The van der Waals surface area contributed by atoms with E-state index in [-0.39, 0.29) is 13.1 Å². The zero-order chi connectivity index (χ0) is 18.8. The van der Waals surface area contributed by atoms with Gasteiger partial charge in [0, 0.05) is 0 Å². The fourth-order valence-electron chi connectivity index (χ4n) is 3.92. The van der Waals surface area contributed by atoms with E-state index in [0.717, 1.165) is 22.8 Å². The predicted octanol–water partition coefficient (Wildman–Crippen LogP) is 6.67. The molecule has 1 aromatic rings. The van der Waals surface area contributed by atoms with Crippen molar-refractivity contribution < 1.29 is 13.1 Å². The molecule has 2 aliphatic carbocycles. The van der Waals surface area contributed by atoms with Gasteiger partial charge in [-0.2, -0.15) is 0 Å². The second-order valence-electron chi connectivity index (χ2n) is 7.35. The number of halogens is 2. The van der Waals surface area contributed by atoms with Crippen LogP contribution < -0.4 is 0 Å². The maximum absolute atomic E-state index is 4.94. The molecule has 6 heteroatoms. The number of aromatic amines is 1. The quantitative estimate of drug-likeness (QED) is 0.401. The second kappa shape index (κ2) is 12.2. The van der Waals surface area contributed by atoms with E-state index in [1.807, 2.05) is 0 Å². The number of rotatable bonds is 4. The second-order valence-corrected chi connectivity index (χ2v) is 9.17. The molecule has 2 fully saturated rings. The molecule has 1 aromatic heterocycles. The van der Waals surface area contributed by atoms with Crippen LogP contribution in [0, 0.1) is 0 Å². The topological polar surface area (TPSA) is 40.5 Å². The van der Waals surface area contributed by atoms with E-state index in [1.165, 1.54) is 64.2 Å². The molecule has 2 aliphatic rings. The van der Waals surface area contributed by atoms with Crippen LogP contribution in [0.3, 0.4) is 0 Å². The molecule has 0 unspecified atom stereocenters. The van der Waals surface area contributed by atoms with Crippen LogP contribution in [0.4, 0.5) is 0 Å². The molecule has 1 N–H and O–H groups in total. The summed E-state index contributed by atoms with van der Waals surface area (Å²) in [6.07, 6.45) is 13.1. The van der Waals surface area contributed by atoms with Gasteiger partial charge < -0.3 is 4.98 Å². The van der Waals surface area contributed by atoms with Gasteiger partial charge in [0.15, 0.2) is 0 Å². The summed E-state index contributed by atoms with van der Waals surface area (Å²) in [6, 6.07) is 5.40. The van der Waals surface area contributed by atoms with Crippen molar-refractivity contribution in [2.24, 2.45) is 9.98 Å². The fourth-order valence-corrected chi connectivity index (χ4v) is 3.92. The summed E-state index contributed by atoms with van der Waals surface area (Å²) in [5.41, 5.74) is 4.61. The molecular formula is C20H31Cl2FeN3. The molecular weight excluding hydrogens is 409 g/mol. The van der Waals surface area contributed by atoms with Gasteiger partial charge >= 0.3 is 33.3 Å². The Kier molecular flexibility index (Phi) is 10.4. The molecule has 0 aliphatic heterocycles. The van der Waals surface area contributed by atoms with Crippen LogP contribution in [-0.2, 0) is 13.1 Å². The Morgan fingerprint density at radius 1 is 0.808 bits per heavy atom. The Morgan fingerprint density at radius 3 is 1.50 bits per heavy atom. The van der Waals surface area contributed by atoms with Crippen molar-refractivity contribution in [3.8, 4) is 0 Å². The van der Waals surface area contributed by atoms with Gasteiger partial charge in [-0.3, -0.25) is 9.98 Å². The third kappa shape index (κ3) is 7.38. The van der Waals surface area contributed by atoms with Gasteiger partial charge in [-0.25, -0.2) is 0 Å². The van der Waals surface area contributed by atoms with Crippen molar-refractivity contribution in [3.63, 3.8) is 0 Å². The molecule has 0 aromatic carbocycles. The summed E-state index contributed by atoms with van der Waals surface area (Å²) in [4.78, 5) is 13.4. The van der Waals surface area contributed by atoms with Gasteiger partial charge in [0.05, 0.1) is 34.9 Å². The third-order valence-electron chi connectivity index (χ3n) is 5.37. The molecule has 0 amide bonds. The van der Waals surface area contributed by atoms with Crippen LogP contribution in [0.25, 0.3) is 0 Å². The monoisotopic (exact) mass is 439 g/mol. The zero-order valence-corrected chi connectivity index (χ0v) is 18.5. The molecule has 0 radical (unpaired) electrons. The molecule has 3 nitrogen and oxygen atoms in total. The summed E-state index contributed by atoms with van der Waals surface area (Å²) < 4.78 is 0. The number of nitrogens with one attached hydrogen (secondary N) is 1. The van der Waals surface area contributed by atoms with E-state index in [4.69, 9.17) is 30.2 Å².